The normalized spacial score (nSPS) is 8.12. The summed E-state index contributed by atoms with van der Waals surface area (Å²) >= 11 is 4.54. The van der Waals surface area contributed by atoms with Crippen molar-refractivity contribution in [3.05, 3.63) is 9.98 Å². The number of nitrogens with two attached hydrogens (primary N) is 1. The molecule has 0 atom stereocenters. The van der Waals surface area contributed by atoms with E-state index in [9.17, 15) is 0 Å². The SMILES string of the molecule is Cl.Nc1cnsc1Br. The first-order valence-corrected chi connectivity index (χ1v) is 3.23. The summed E-state index contributed by atoms with van der Waals surface area (Å²) in [5.41, 5.74) is 6.05. The summed E-state index contributed by atoms with van der Waals surface area (Å²) < 4.78 is 4.70. The maximum Gasteiger partial charge on any atom is 0.113 e. The van der Waals surface area contributed by atoms with E-state index in [4.69, 9.17) is 5.73 Å². The van der Waals surface area contributed by atoms with E-state index < -0.39 is 0 Å². The number of anilines is 1. The van der Waals surface area contributed by atoms with Gasteiger partial charge in [-0.15, -0.1) is 12.4 Å². The number of halogens is 2. The monoisotopic (exact) mass is 214 g/mol. The summed E-state index contributed by atoms with van der Waals surface area (Å²) in [6.07, 6.45) is 1.62. The van der Waals surface area contributed by atoms with E-state index in [2.05, 4.69) is 20.3 Å². The smallest absolute Gasteiger partial charge is 0.113 e. The van der Waals surface area contributed by atoms with Gasteiger partial charge in [-0.25, -0.2) is 0 Å². The summed E-state index contributed by atoms with van der Waals surface area (Å²) in [5.74, 6) is 0. The van der Waals surface area contributed by atoms with Gasteiger partial charge < -0.3 is 5.73 Å². The summed E-state index contributed by atoms with van der Waals surface area (Å²) in [6.45, 7) is 0. The van der Waals surface area contributed by atoms with Crippen LogP contribution in [0.1, 0.15) is 0 Å². The minimum absolute atomic E-state index is 0. The maximum absolute atomic E-state index is 5.34. The first kappa shape index (κ1) is 8.20. The van der Waals surface area contributed by atoms with E-state index >= 15 is 0 Å². The van der Waals surface area contributed by atoms with Crippen LogP contribution in [0, 0.1) is 0 Å². The van der Waals surface area contributed by atoms with Crippen LogP contribution in [0.5, 0.6) is 0 Å². The van der Waals surface area contributed by atoms with Gasteiger partial charge in [0.15, 0.2) is 0 Å². The van der Waals surface area contributed by atoms with Crippen LogP contribution in [-0.2, 0) is 0 Å². The summed E-state index contributed by atoms with van der Waals surface area (Å²) in [7, 11) is 0. The molecule has 1 aromatic heterocycles. The van der Waals surface area contributed by atoms with Crippen LogP contribution in [0.3, 0.4) is 0 Å². The Morgan fingerprint density at radius 1 is 1.75 bits per heavy atom. The van der Waals surface area contributed by atoms with Crippen molar-refractivity contribution in [2.45, 2.75) is 0 Å². The highest BCUT2D eigenvalue weighted by molar-refractivity contribution is 9.11. The molecule has 0 amide bonds. The highest BCUT2D eigenvalue weighted by atomic mass is 79.9. The van der Waals surface area contributed by atoms with Crippen LogP contribution in [-0.4, -0.2) is 4.37 Å². The molecule has 1 rings (SSSR count). The van der Waals surface area contributed by atoms with Crippen molar-refractivity contribution in [2.24, 2.45) is 0 Å². The molecule has 1 heterocycles. The molecule has 2 N–H and O–H groups in total. The molecule has 0 radical (unpaired) electrons. The van der Waals surface area contributed by atoms with Gasteiger partial charge >= 0.3 is 0 Å². The lowest BCUT2D eigenvalue weighted by Crippen LogP contribution is -1.77. The number of hydrogen-bond donors (Lipinski definition) is 1. The molecule has 0 aliphatic carbocycles. The fourth-order valence-corrected chi connectivity index (χ4v) is 1.00. The lowest BCUT2D eigenvalue weighted by atomic mass is 10.6. The molecule has 0 saturated heterocycles. The quantitative estimate of drug-likeness (QED) is 0.718. The van der Waals surface area contributed by atoms with Gasteiger partial charge in [0, 0.05) is 0 Å². The molecule has 0 saturated carbocycles. The third-order valence-electron chi connectivity index (χ3n) is 0.552. The van der Waals surface area contributed by atoms with Gasteiger partial charge in [-0.1, -0.05) is 0 Å². The van der Waals surface area contributed by atoms with Crippen LogP contribution in [0.2, 0.25) is 0 Å². The number of nitrogens with zero attached hydrogens (tertiary/aromatic N) is 1. The van der Waals surface area contributed by atoms with Crippen LogP contribution in [0.15, 0.2) is 9.98 Å². The van der Waals surface area contributed by atoms with Gasteiger partial charge in [-0.3, -0.25) is 0 Å². The molecular formula is C3H4BrClN2S. The fraction of sp³-hybridized carbons (Fsp3) is 0. The Balaban J connectivity index is 0.000000490. The average molecular weight is 216 g/mol. The van der Waals surface area contributed by atoms with Gasteiger partial charge in [0.1, 0.15) is 3.79 Å². The molecule has 2 nitrogen and oxygen atoms in total. The summed E-state index contributed by atoms with van der Waals surface area (Å²) in [5, 5.41) is 0. The van der Waals surface area contributed by atoms with Gasteiger partial charge in [-0.05, 0) is 27.5 Å². The van der Waals surface area contributed by atoms with Crippen LogP contribution >= 0.6 is 39.9 Å². The zero-order valence-corrected chi connectivity index (χ0v) is 7.02. The standard InChI is InChI=1S/C3H3BrN2S.ClH/c4-3-2(5)1-6-7-3;/h1H,5H2;1H. The van der Waals surface area contributed by atoms with Gasteiger partial charge in [0.05, 0.1) is 11.9 Å². The number of rotatable bonds is 0. The van der Waals surface area contributed by atoms with Crippen molar-refractivity contribution in [3.63, 3.8) is 0 Å². The van der Waals surface area contributed by atoms with Gasteiger partial charge in [0.2, 0.25) is 0 Å². The Hall–Kier alpha value is 0.200. The minimum Gasteiger partial charge on any atom is -0.396 e. The topological polar surface area (TPSA) is 38.9 Å². The lowest BCUT2D eigenvalue weighted by molar-refractivity contribution is 1.58. The third kappa shape index (κ3) is 1.61. The van der Waals surface area contributed by atoms with Crippen molar-refractivity contribution in [3.8, 4) is 0 Å². The molecule has 1 aromatic rings. The highest BCUT2D eigenvalue weighted by Crippen LogP contribution is 2.21. The Labute approximate surface area is 65.8 Å². The van der Waals surface area contributed by atoms with E-state index in [1.807, 2.05) is 0 Å². The van der Waals surface area contributed by atoms with Crippen LogP contribution in [0.25, 0.3) is 0 Å². The predicted molar refractivity (Wildman–Crippen MR) is 41.5 cm³/mol. The van der Waals surface area contributed by atoms with Crippen molar-refractivity contribution in [1.82, 2.24) is 4.37 Å². The molecular weight excluding hydrogens is 211 g/mol. The highest BCUT2D eigenvalue weighted by Gasteiger charge is 1.92. The van der Waals surface area contributed by atoms with E-state index in [0.29, 0.717) is 5.69 Å². The zero-order valence-electron chi connectivity index (χ0n) is 3.80. The van der Waals surface area contributed by atoms with E-state index in [1.54, 1.807) is 6.20 Å². The first-order chi connectivity index (χ1) is 3.30. The molecule has 0 aliphatic heterocycles. The van der Waals surface area contributed by atoms with Crippen LogP contribution < -0.4 is 5.73 Å². The Bertz CT molecular complexity index is 150. The second-order valence-corrected chi connectivity index (χ2v) is 3.17. The lowest BCUT2D eigenvalue weighted by Gasteiger charge is -1.76. The molecule has 0 aromatic carbocycles. The fourth-order valence-electron chi connectivity index (χ4n) is 0.233. The van der Waals surface area contributed by atoms with E-state index in [1.165, 1.54) is 11.5 Å². The molecule has 46 valence electrons. The van der Waals surface area contributed by atoms with E-state index in [-0.39, 0.29) is 12.4 Å². The largest absolute Gasteiger partial charge is 0.396 e. The Kier molecular flexibility index (Phi) is 3.35. The Morgan fingerprint density at radius 2 is 2.38 bits per heavy atom. The molecule has 5 heteroatoms. The number of aromatic nitrogens is 1. The zero-order chi connectivity index (χ0) is 5.28. The second-order valence-electron chi connectivity index (χ2n) is 1.05. The average Bonchev–Trinajstić information content (AvgIpc) is 1.91. The van der Waals surface area contributed by atoms with Gasteiger partial charge in [0.25, 0.3) is 0 Å². The van der Waals surface area contributed by atoms with Gasteiger partial charge in [-0.2, -0.15) is 4.37 Å². The molecule has 0 bridgehead atoms. The van der Waals surface area contributed by atoms with Crippen molar-refractivity contribution < 1.29 is 0 Å². The third-order valence-corrected chi connectivity index (χ3v) is 2.05. The van der Waals surface area contributed by atoms with Crippen molar-refractivity contribution in [2.75, 3.05) is 5.73 Å². The first-order valence-electron chi connectivity index (χ1n) is 1.66. The second kappa shape index (κ2) is 3.27. The maximum atomic E-state index is 5.34. The van der Waals surface area contributed by atoms with E-state index in [0.717, 1.165) is 3.79 Å². The number of nitrogen functional groups attached to an aromatic ring is 1. The molecule has 8 heavy (non-hydrogen) atoms. The van der Waals surface area contributed by atoms with Crippen molar-refractivity contribution in [1.29, 1.82) is 0 Å². The van der Waals surface area contributed by atoms with Crippen LogP contribution in [0.4, 0.5) is 5.69 Å². The molecule has 0 spiro atoms. The number of hydrogen-bond acceptors (Lipinski definition) is 3. The molecule has 0 fully saturated rings. The van der Waals surface area contributed by atoms with Crippen molar-refractivity contribution >= 4 is 45.6 Å². The molecule has 0 unspecified atom stereocenters. The summed E-state index contributed by atoms with van der Waals surface area (Å²) in [6, 6.07) is 0. The minimum atomic E-state index is 0. The molecule has 0 aliphatic rings. The summed E-state index contributed by atoms with van der Waals surface area (Å²) in [4.78, 5) is 0. The predicted octanol–water partition coefficient (Wildman–Crippen LogP) is 1.91. The Morgan fingerprint density at radius 3 is 2.50 bits per heavy atom.